The average Bonchev–Trinajstić information content (AvgIpc) is 3.89. The van der Waals surface area contributed by atoms with E-state index in [1.165, 1.54) is 10.8 Å². The summed E-state index contributed by atoms with van der Waals surface area (Å²) >= 11 is 0. The lowest BCUT2D eigenvalue weighted by molar-refractivity contribution is 0.633. The maximum absolute atomic E-state index is 9.68. The number of nitrogens with zero attached hydrogens (tertiary/aromatic N) is 4. The Morgan fingerprint density at radius 3 is 1.17 bits per heavy atom. The van der Waals surface area contributed by atoms with Crippen molar-refractivity contribution in [1.82, 2.24) is 0 Å². The van der Waals surface area contributed by atoms with Gasteiger partial charge in [-0.2, -0.15) is 10.5 Å². The van der Waals surface area contributed by atoms with Gasteiger partial charge in [0.2, 0.25) is 0 Å². The molecule has 0 atom stereocenters. The van der Waals surface area contributed by atoms with Crippen molar-refractivity contribution < 1.29 is 8.83 Å². The van der Waals surface area contributed by atoms with Gasteiger partial charge in [-0.1, -0.05) is 103 Å². The second kappa shape index (κ2) is 14.5. The van der Waals surface area contributed by atoms with Crippen molar-refractivity contribution in [2.24, 2.45) is 0 Å². The van der Waals surface area contributed by atoms with Gasteiger partial charge in [-0.25, -0.2) is 0 Å². The molecule has 2 heterocycles. The molecule has 2 aromatic heterocycles. The third-order valence-corrected chi connectivity index (χ3v) is 14.4. The minimum Gasteiger partial charge on any atom is -0.452 e. The largest absolute Gasteiger partial charge is 0.452 e. The molecule has 7 heteroatoms. The summed E-state index contributed by atoms with van der Waals surface area (Å²) in [5, 5.41) is 29.0. The van der Waals surface area contributed by atoms with E-state index >= 15 is 0 Å². The van der Waals surface area contributed by atoms with Crippen LogP contribution in [0.3, 0.4) is 0 Å². The lowest BCUT2D eigenvalue weighted by Gasteiger charge is -2.28. The fraction of sp³-hybridized carbons (Fsp3) is 0.0714. The summed E-state index contributed by atoms with van der Waals surface area (Å²) in [7, 11) is -1.55. The summed E-state index contributed by atoms with van der Waals surface area (Å²) in [4.78, 5) is 4.50. The van der Waals surface area contributed by atoms with E-state index in [9.17, 15) is 10.5 Å². The van der Waals surface area contributed by atoms with E-state index in [1.807, 2.05) is 48.5 Å². The molecular formula is C56H40N4O2Si. The van der Waals surface area contributed by atoms with Crippen LogP contribution >= 0.6 is 0 Å². The fourth-order valence-corrected chi connectivity index (χ4v) is 10.3. The summed E-state index contributed by atoms with van der Waals surface area (Å²) in [5.74, 6) is 0. The van der Waals surface area contributed by atoms with Gasteiger partial charge in [0.15, 0.2) is 11.2 Å². The van der Waals surface area contributed by atoms with Crippen LogP contribution in [0.25, 0.3) is 65.4 Å². The maximum atomic E-state index is 9.68. The van der Waals surface area contributed by atoms with Crippen LogP contribution in [0.2, 0.25) is 19.6 Å². The van der Waals surface area contributed by atoms with E-state index in [1.54, 1.807) is 0 Å². The number of rotatable bonds is 7. The number of hydrogen-bond acceptors (Lipinski definition) is 6. The molecule has 0 amide bonds. The van der Waals surface area contributed by atoms with Crippen LogP contribution in [0.1, 0.15) is 16.7 Å². The molecule has 0 fully saturated rings. The lowest BCUT2D eigenvalue weighted by atomic mass is 9.98. The molecule has 0 saturated heterocycles. The molecular weight excluding hydrogens is 789 g/mol. The molecule has 0 bridgehead atoms. The third kappa shape index (κ3) is 6.21. The zero-order chi connectivity index (χ0) is 43.0. The van der Waals surface area contributed by atoms with Gasteiger partial charge in [0.05, 0.1) is 42.7 Å². The van der Waals surface area contributed by atoms with Gasteiger partial charge < -0.3 is 18.6 Å². The predicted octanol–water partition coefficient (Wildman–Crippen LogP) is 15.3. The van der Waals surface area contributed by atoms with Crippen molar-refractivity contribution in [1.29, 1.82) is 10.5 Å². The Kier molecular flexibility index (Phi) is 8.73. The Hall–Kier alpha value is -8.10. The summed E-state index contributed by atoms with van der Waals surface area (Å²) in [6.45, 7) is 9.18. The van der Waals surface area contributed by atoms with Crippen LogP contribution in [0, 0.1) is 29.6 Å². The fourth-order valence-electron chi connectivity index (χ4n) is 9.16. The van der Waals surface area contributed by atoms with Crippen LogP contribution in [-0.2, 0) is 0 Å². The van der Waals surface area contributed by atoms with Crippen molar-refractivity contribution in [3.63, 3.8) is 0 Å². The number of anilines is 6. The van der Waals surface area contributed by atoms with Crippen molar-refractivity contribution in [2.45, 2.75) is 26.6 Å². The SMILES string of the molecule is Cc1ccc(N(c2ccc(C#N)cc2)c2cc3oc4c(ccc5c4oc4cc(N(c6ccc(C#N)cc6)c6ccc([Si](C)(C)C)cc6)c6ccccc6c45)c3c3ccccc23)cc1. The highest BCUT2D eigenvalue weighted by atomic mass is 28.3. The zero-order valence-corrected chi connectivity index (χ0v) is 36.3. The monoisotopic (exact) mass is 828 g/mol. The number of aryl methyl sites for hydroxylation is 1. The average molecular weight is 829 g/mol. The summed E-state index contributed by atoms with van der Waals surface area (Å²) in [5.41, 5.74) is 11.1. The summed E-state index contributed by atoms with van der Waals surface area (Å²) in [6, 6.07) is 63.1. The Morgan fingerprint density at radius 2 is 0.794 bits per heavy atom. The second-order valence-electron chi connectivity index (χ2n) is 17.3. The molecule has 0 aliphatic carbocycles. The quantitative estimate of drug-likeness (QED) is 0.149. The first-order valence-electron chi connectivity index (χ1n) is 21.1. The number of fused-ring (bicyclic) bond motifs is 11. The van der Waals surface area contributed by atoms with Gasteiger partial charge >= 0.3 is 0 Å². The molecule has 0 aliphatic rings. The van der Waals surface area contributed by atoms with E-state index in [2.05, 4.69) is 170 Å². The lowest BCUT2D eigenvalue weighted by Crippen LogP contribution is -2.37. The van der Waals surface area contributed by atoms with E-state index in [0.717, 1.165) is 88.4 Å². The van der Waals surface area contributed by atoms with Crippen molar-refractivity contribution >= 4 is 113 Å². The van der Waals surface area contributed by atoms with Gasteiger partial charge in [0.1, 0.15) is 11.2 Å². The van der Waals surface area contributed by atoms with Gasteiger partial charge in [-0.3, -0.25) is 0 Å². The van der Waals surface area contributed by atoms with Gasteiger partial charge in [0, 0.05) is 67.2 Å². The van der Waals surface area contributed by atoms with E-state index in [4.69, 9.17) is 8.83 Å². The second-order valence-corrected chi connectivity index (χ2v) is 22.3. The molecule has 0 saturated carbocycles. The first-order chi connectivity index (χ1) is 30.7. The summed E-state index contributed by atoms with van der Waals surface area (Å²) in [6.07, 6.45) is 0. The van der Waals surface area contributed by atoms with Crippen molar-refractivity contribution in [2.75, 3.05) is 9.80 Å². The highest BCUT2D eigenvalue weighted by Gasteiger charge is 2.25. The zero-order valence-electron chi connectivity index (χ0n) is 35.3. The molecule has 0 aliphatic heterocycles. The highest BCUT2D eigenvalue weighted by Crippen LogP contribution is 2.49. The topological polar surface area (TPSA) is 80.3 Å². The van der Waals surface area contributed by atoms with Crippen molar-refractivity contribution in [3.8, 4) is 12.1 Å². The van der Waals surface area contributed by atoms with Crippen LogP contribution in [0.4, 0.5) is 34.1 Å². The summed E-state index contributed by atoms with van der Waals surface area (Å²) < 4.78 is 14.0. The van der Waals surface area contributed by atoms with Crippen LogP contribution in [0.15, 0.2) is 179 Å². The normalized spacial score (nSPS) is 11.8. The van der Waals surface area contributed by atoms with Gasteiger partial charge in [0.25, 0.3) is 0 Å². The molecule has 11 rings (SSSR count). The highest BCUT2D eigenvalue weighted by molar-refractivity contribution is 6.88. The Balaban J connectivity index is 1.15. The number of benzene rings is 9. The van der Waals surface area contributed by atoms with E-state index < -0.39 is 8.07 Å². The Bertz CT molecular complexity index is 3680. The molecule has 11 aromatic rings. The Morgan fingerprint density at radius 1 is 0.429 bits per heavy atom. The number of nitriles is 2. The number of furan rings is 2. The van der Waals surface area contributed by atoms with Crippen LogP contribution in [-0.4, -0.2) is 8.07 Å². The first kappa shape index (κ1) is 37.9. The minimum atomic E-state index is -1.55. The molecule has 0 N–H and O–H groups in total. The standard InChI is InChI=1S/C56H40N4O2Si/c1-35-13-19-38(20-14-35)59(39-21-15-36(33-57)16-22-39)49-31-51-53(45-11-7-5-9-43(45)49)47-29-30-48-54-46-12-8-6-10-44(46)50(32-52(54)62-56(48)55(47)61-51)60(40-23-17-37(34-58)18-24-40)41-25-27-42(28-26-41)63(2,3)4/h5-32H,1-4H3. The van der Waals surface area contributed by atoms with E-state index in [0.29, 0.717) is 22.3 Å². The van der Waals surface area contributed by atoms with Crippen molar-refractivity contribution in [3.05, 3.63) is 187 Å². The molecule has 63 heavy (non-hydrogen) atoms. The van der Waals surface area contributed by atoms with E-state index in [-0.39, 0.29) is 0 Å². The van der Waals surface area contributed by atoms with Gasteiger partial charge in [-0.05, 0) is 103 Å². The number of hydrogen-bond donors (Lipinski definition) is 0. The first-order valence-corrected chi connectivity index (χ1v) is 24.6. The maximum Gasteiger partial charge on any atom is 0.178 e. The smallest absolute Gasteiger partial charge is 0.178 e. The van der Waals surface area contributed by atoms with Gasteiger partial charge in [-0.15, -0.1) is 0 Å². The molecule has 9 aromatic carbocycles. The minimum absolute atomic E-state index is 0.605. The third-order valence-electron chi connectivity index (χ3n) is 12.3. The molecule has 0 unspecified atom stereocenters. The van der Waals surface area contributed by atoms with Crippen LogP contribution < -0.4 is 15.0 Å². The molecule has 0 radical (unpaired) electrons. The Labute approximate surface area is 365 Å². The molecule has 6 nitrogen and oxygen atoms in total. The predicted molar refractivity (Wildman–Crippen MR) is 263 cm³/mol. The van der Waals surface area contributed by atoms with Crippen LogP contribution in [0.5, 0.6) is 0 Å². The molecule has 300 valence electrons. The molecule has 0 spiro atoms.